The van der Waals surface area contributed by atoms with E-state index in [0.29, 0.717) is 45.1 Å². The maximum absolute atomic E-state index is 13.6. The second-order valence-corrected chi connectivity index (χ2v) is 17.1. The lowest BCUT2D eigenvalue weighted by molar-refractivity contribution is -0.159. The third kappa shape index (κ3) is 14.4. The van der Waals surface area contributed by atoms with Crippen molar-refractivity contribution in [3.8, 4) is 0 Å². The molecule has 1 saturated heterocycles. The fourth-order valence-corrected chi connectivity index (χ4v) is 8.81. The standard InChI is InChI=1S/C46H75NO12/c1-29-16-19-35(52-8)24-36-14-13-15-37(58-36)25-40(54-10)46(27-57-46)41(55-11)26-39(53-9)33(5)45(59-42(50)21-17-29)34(6)43(51)30(2)18-20-38(49)32(4)44(56-12)31(3)22-23-47(7)28-48/h13-14,16-17,21-23,28,30-37,39-41,43-45,51H,15,18-20,24-27H2,1-12H3. The van der Waals surface area contributed by atoms with Crippen molar-refractivity contribution in [2.75, 3.05) is 49.2 Å². The maximum Gasteiger partial charge on any atom is 0.331 e. The summed E-state index contributed by atoms with van der Waals surface area (Å²) in [7, 11) is 9.89. The molecule has 1 spiro atoms. The SMILES string of the molecule is COC1CC=C(C)C=CC(=O)OC(C(C)C(O)C(C)CCC(=O)C(C)C(OC)C(C)C=CN(C)C=O)C(C)C(OC)CC(OC)C2(CO2)C(OC)CC2CC=CC(C1)O2. The van der Waals surface area contributed by atoms with Gasteiger partial charge in [0.2, 0.25) is 6.41 Å². The van der Waals surface area contributed by atoms with E-state index >= 15 is 0 Å². The van der Waals surface area contributed by atoms with E-state index in [1.807, 2.05) is 53.7 Å². The van der Waals surface area contributed by atoms with Crippen LogP contribution in [0.4, 0.5) is 0 Å². The number of hydrogen-bond donors (Lipinski definition) is 1. The molecule has 13 nitrogen and oxygen atoms in total. The predicted octanol–water partition coefficient (Wildman–Crippen LogP) is 6.03. The average Bonchev–Trinajstić information content (AvgIpc) is 4.04. The number of allylic oxidation sites excluding steroid dienone is 2. The molecule has 0 aromatic heterocycles. The van der Waals surface area contributed by atoms with Crippen LogP contribution in [0.25, 0.3) is 0 Å². The van der Waals surface area contributed by atoms with E-state index in [4.69, 9.17) is 37.9 Å². The lowest BCUT2D eigenvalue weighted by atomic mass is 9.78. The van der Waals surface area contributed by atoms with Crippen LogP contribution in [-0.2, 0) is 52.3 Å². The van der Waals surface area contributed by atoms with E-state index in [1.54, 1.807) is 54.9 Å². The van der Waals surface area contributed by atoms with Gasteiger partial charge in [0.05, 0.1) is 55.4 Å². The number of amides is 1. The minimum atomic E-state index is -0.917. The molecule has 3 rings (SSSR count). The highest BCUT2D eigenvalue weighted by molar-refractivity contribution is 5.82. The highest BCUT2D eigenvalue weighted by Crippen LogP contribution is 2.43. The van der Waals surface area contributed by atoms with E-state index in [9.17, 15) is 19.5 Å². The molecule has 1 fully saturated rings. The molecular formula is C46H75NO12. The van der Waals surface area contributed by atoms with Crippen molar-refractivity contribution < 1.29 is 57.4 Å². The van der Waals surface area contributed by atoms with Crippen LogP contribution in [0.2, 0.25) is 0 Å². The molecule has 0 saturated carbocycles. The van der Waals surface area contributed by atoms with Gasteiger partial charge in [-0.15, -0.1) is 0 Å². The Bertz CT molecular complexity index is 1430. The van der Waals surface area contributed by atoms with Crippen LogP contribution < -0.4 is 0 Å². The van der Waals surface area contributed by atoms with Gasteiger partial charge in [-0.05, 0) is 32.1 Å². The Balaban J connectivity index is 1.88. The van der Waals surface area contributed by atoms with Crippen LogP contribution >= 0.6 is 0 Å². The third-order valence-electron chi connectivity index (χ3n) is 12.9. The molecule has 0 aromatic rings. The van der Waals surface area contributed by atoms with Crippen molar-refractivity contribution in [2.45, 2.75) is 147 Å². The fraction of sp³-hybridized carbons (Fsp3) is 0.761. The first-order valence-corrected chi connectivity index (χ1v) is 21.3. The van der Waals surface area contributed by atoms with Crippen LogP contribution in [0.5, 0.6) is 0 Å². The summed E-state index contributed by atoms with van der Waals surface area (Å²) in [4.78, 5) is 39.5. The van der Waals surface area contributed by atoms with Crippen LogP contribution in [0.3, 0.4) is 0 Å². The molecule has 0 radical (unpaired) electrons. The van der Waals surface area contributed by atoms with Gasteiger partial charge < -0.3 is 47.9 Å². The number of fused-ring (bicyclic) bond motifs is 2. The number of ketones is 1. The summed E-state index contributed by atoms with van der Waals surface area (Å²) in [5, 5.41) is 11.9. The first kappa shape index (κ1) is 50.6. The number of carbonyl (C=O) groups is 3. The van der Waals surface area contributed by atoms with Crippen molar-refractivity contribution in [1.29, 1.82) is 0 Å². The first-order valence-electron chi connectivity index (χ1n) is 21.3. The Hall–Kier alpha value is -2.75. The average molecular weight is 834 g/mol. The van der Waals surface area contributed by atoms with E-state index < -0.39 is 59.8 Å². The van der Waals surface area contributed by atoms with Gasteiger partial charge in [-0.1, -0.05) is 70.6 Å². The van der Waals surface area contributed by atoms with E-state index in [0.717, 1.165) is 12.0 Å². The molecule has 3 aliphatic heterocycles. The third-order valence-corrected chi connectivity index (χ3v) is 12.9. The number of methoxy groups -OCH3 is 5. The molecule has 1 amide bonds. The number of epoxide rings is 1. The minimum absolute atomic E-state index is 0.0160. The van der Waals surface area contributed by atoms with Gasteiger partial charge in [0.15, 0.2) is 0 Å². The van der Waals surface area contributed by atoms with Gasteiger partial charge in [0.1, 0.15) is 17.5 Å². The van der Waals surface area contributed by atoms with Gasteiger partial charge in [-0.3, -0.25) is 9.59 Å². The Labute approximate surface area is 353 Å². The van der Waals surface area contributed by atoms with Gasteiger partial charge in [-0.25, -0.2) is 4.79 Å². The van der Waals surface area contributed by atoms with Gasteiger partial charge in [0.25, 0.3) is 0 Å². The molecule has 0 aromatic carbocycles. The lowest BCUT2D eigenvalue weighted by Crippen LogP contribution is -2.50. The quantitative estimate of drug-likeness (QED) is 0.0790. The van der Waals surface area contributed by atoms with Crippen LogP contribution in [0, 0.1) is 29.6 Å². The number of carbonyl (C=O) groups excluding carboxylic acids is 3. The van der Waals surface area contributed by atoms with Crippen LogP contribution in [0.1, 0.15) is 86.5 Å². The highest BCUT2D eigenvalue weighted by atomic mass is 16.6. The first-order chi connectivity index (χ1) is 28.1. The monoisotopic (exact) mass is 834 g/mol. The molecule has 15 atom stereocenters. The molecule has 0 aliphatic carbocycles. The Morgan fingerprint density at radius 1 is 1.00 bits per heavy atom. The summed E-state index contributed by atoms with van der Waals surface area (Å²) < 4.78 is 49.0. The van der Waals surface area contributed by atoms with Crippen molar-refractivity contribution in [3.05, 3.63) is 48.2 Å². The molecular weight excluding hydrogens is 759 g/mol. The van der Waals surface area contributed by atoms with Crippen molar-refractivity contribution in [1.82, 2.24) is 4.90 Å². The predicted molar refractivity (Wildman–Crippen MR) is 225 cm³/mol. The number of hydrogen-bond acceptors (Lipinski definition) is 12. The molecule has 1 N–H and O–H groups in total. The molecule has 2 bridgehead atoms. The second kappa shape index (κ2) is 24.6. The molecule has 3 aliphatic rings. The fourth-order valence-electron chi connectivity index (χ4n) is 8.81. The zero-order chi connectivity index (χ0) is 43.9. The van der Waals surface area contributed by atoms with Gasteiger partial charge in [0, 0.05) is 104 Å². The minimum Gasteiger partial charge on any atom is -0.458 e. The zero-order valence-corrected chi connectivity index (χ0v) is 37.7. The summed E-state index contributed by atoms with van der Waals surface area (Å²) in [6.45, 7) is 11.9. The van der Waals surface area contributed by atoms with E-state index in [2.05, 4.69) is 12.2 Å². The summed E-state index contributed by atoms with van der Waals surface area (Å²) in [6, 6.07) is 0. The summed E-state index contributed by atoms with van der Waals surface area (Å²) in [5.41, 5.74) is 0.157. The molecule has 15 unspecified atom stereocenters. The van der Waals surface area contributed by atoms with Crippen LogP contribution in [-0.4, -0.2) is 138 Å². The highest BCUT2D eigenvalue weighted by Gasteiger charge is 2.59. The van der Waals surface area contributed by atoms with Crippen molar-refractivity contribution >= 4 is 18.2 Å². The number of aliphatic hydroxyl groups is 1. The summed E-state index contributed by atoms with van der Waals surface area (Å²) >= 11 is 0. The number of esters is 1. The Morgan fingerprint density at radius 2 is 1.68 bits per heavy atom. The largest absolute Gasteiger partial charge is 0.458 e. The Kier molecular flexibility index (Phi) is 21.1. The lowest BCUT2D eigenvalue weighted by Gasteiger charge is -2.39. The van der Waals surface area contributed by atoms with Crippen LogP contribution in [0.15, 0.2) is 48.2 Å². The number of Topliss-reactive ketones (excluding diaryl/α,β-unsaturated/α-hetero) is 1. The van der Waals surface area contributed by atoms with E-state index in [1.165, 1.54) is 11.0 Å². The molecule has 59 heavy (non-hydrogen) atoms. The van der Waals surface area contributed by atoms with E-state index in [-0.39, 0.29) is 48.5 Å². The van der Waals surface area contributed by atoms with Crippen molar-refractivity contribution in [3.63, 3.8) is 0 Å². The zero-order valence-electron chi connectivity index (χ0n) is 37.7. The number of aliphatic hydroxyl groups excluding tert-OH is 1. The number of ether oxygens (including phenoxy) is 8. The molecule has 336 valence electrons. The Morgan fingerprint density at radius 3 is 2.27 bits per heavy atom. The van der Waals surface area contributed by atoms with Gasteiger partial charge in [-0.2, -0.15) is 0 Å². The maximum atomic E-state index is 13.6. The summed E-state index contributed by atoms with van der Waals surface area (Å²) in [5.74, 6) is -2.29. The summed E-state index contributed by atoms with van der Waals surface area (Å²) in [6.07, 6.45) is 13.8. The smallest absolute Gasteiger partial charge is 0.331 e. The molecule has 13 heteroatoms. The van der Waals surface area contributed by atoms with Gasteiger partial charge >= 0.3 is 5.97 Å². The molecule has 3 heterocycles. The number of nitrogens with zero attached hydrogens (tertiary/aromatic N) is 1. The second-order valence-electron chi connectivity index (χ2n) is 17.1. The number of cyclic esters (lactones) is 1. The normalized spacial score (nSPS) is 33.0. The van der Waals surface area contributed by atoms with Crippen molar-refractivity contribution in [2.24, 2.45) is 29.6 Å². The number of rotatable bonds is 17. The topological polar surface area (TPSA) is 152 Å².